The normalized spacial score (nSPS) is 15.4. The number of carboxylic acid groups (broad SMARTS) is 1. The van der Waals surface area contributed by atoms with Gasteiger partial charge in [0.05, 0.1) is 7.11 Å². The van der Waals surface area contributed by atoms with Crippen molar-refractivity contribution in [3.8, 4) is 5.75 Å². The van der Waals surface area contributed by atoms with Gasteiger partial charge in [-0.05, 0) is 49.6 Å². The van der Waals surface area contributed by atoms with E-state index in [1.165, 1.54) is 19.3 Å². The highest BCUT2D eigenvalue weighted by Crippen LogP contribution is 2.28. The van der Waals surface area contributed by atoms with Crippen molar-refractivity contribution in [3.05, 3.63) is 35.4 Å². The molecule has 2 rings (SSSR count). The van der Waals surface area contributed by atoms with Gasteiger partial charge >= 0.3 is 5.97 Å². The largest absolute Gasteiger partial charge is 0.496 e. The Balaban J connectivity index is 2.07. The fraction of sp³-hybridized carbons (Fsp3) is 0.471. The Morgan fingerprint density at radius 3 is 2.81 bits per heavy atom. The third kappa shape index (κ3) is 4.60. The molecule has 21 heavy (non-hydrogen) atoms. The minimum Gasteiger partial charge on any atom is -0.496 e. The Kier molecular flexibility index (Phi) is 5.39. The first kappa shape index (κ1) is 15.6. The van der Waals surface area contributed by atoms with Crippen LogP contribution in [0, 0.1) is 5.92 Å². The molecule has 0 amide bonds. The Bertz CT molecular complexity index is 521. The van der Waals surface area contributed by atoms with Gasteiger partial charge in [0, 0.05) is 24.7 Å². The van der Waals surface area contributed by atoms with Gasteiger partial charge < -0.3 is 14.7 Å². The van der Waals surface area contributed by atoms with Crippen molar-refractivity contribution >= 4 is 12.0 Å². The predicted octanol–water partition coefficient (Wildman–Crippen LogP) is 3.02. The third-order valence-electron chi connectivity index (χ3n) is 3.96. The van der Waals surface area contributed by atoms with Crippen molar-refractivity contribution < 1.29 is 14.6 Å². The molecule has 1 aliphatic carbocycles. The second kappa shape index (κ2) is 7.27. The molecule has 0 atom stereocenters. The van der Waals surface area contributed by atoms with E-state index < -0.39 is 5.97 Å². The van der Waals surface area contributed by atoms with Crippen LogP contribution in [0.2, 0.25) is 0 Å². The van der Waals surface area contributed by atoms with Crippen molar-refractivity contribution in [2.24, 2.45) is 5.92 Å². The Hall–Kier alpha value is -1.81. The van der Waals surface area contributed by atoms with E-state index in [1.807, 2.05) is 18.2 Å². The maximum Gasteiger partial charge on any atom is 0.328 e. The van der Waals surface area contributed by atoms with Gasteiger partial charge in [-0.15, -0.1) is 0 Å². The molecule has 0 radical (unpaired) electrons. The number of hydrogen-bond acceptors (Lipinski definition) is 3. The summed E-state index contributed by atoms with van der Waals surface area (Å²) in [4.78, 5) is 12.9. The number of nitrogens with zero attached hydrogens (tertiary/aromatic N) is 1. The highest BCUT2D eigenvalue weighted by Gasteiger charge is 2.19. The van der Waals surface area contributed by atoms with Crippen LogP contribution in [0.3, 0.4) is 0 Å². The van der Waals surface area contributed by atoms with Crippen LogP contribution < -0.4 is 4.74 Å². The van der Waals surface area contributed by atoms with E-state index in [0.717, 1.165) is 42.0 Å². The van der Waals surface area contributed by atoms with Gasteiger partial charge in [-0.3, -0.25) is 0 Å². The summed E-state index contributed by atoms with van der Waals surface area (Å²) >= 11 is 0. The maximum atomic E-state index is 10.6. The summed E-state index contributed by atoms with van der Waals surface area (Å²) in [6.45, 7) is 1.92. The molecule has 0 saturated heterocycles. The van der Waals surface area contributed by atoms with Crippen molar-refractivity contribution in [3.63, 3.8) is 0 Å². The van der Waals surface area contributed by atoms with Gasteiger partial charge in [0.25, 0.3) is 0 Å². The summed E-state index contributed by atoms with van der Waals surface area (Å²) in [7, 11) is 3.79. The van der Waals surface area contributed by atoms with Crippen LogP contribution in [0.4, 0.5) is 0 Å². The summed E-state index contributed by atoms with van der Waals surface area (Å²) in [6.07, 6.45) is 6.80. The molecule has 1 aromatic rings. The van der Waals surface area contributed by atoms with Gasteiger partial charge in [0.2, 0.25) is 0 Å². The minimum absolute atomic E-state index is 0.814. The standard InChI is InChI=1S/C17H23NO3/c1-18(11-14-4-3-5-14)12-15-10-13(7-9-17(19)20)6-8-16(15)21-2/h6-10,14H,3-5,11-12H2,1-2H3,(H,19,20). The van der Waals surface area contributed by atoms with Gasteiger partial charge in [-0.1, -0.05) is 12.5 Å². The van der Waals surface area contributed by atoms with Crippen LogP contribution in [0.5, 0.6) is 5.75 Å². The Labute approximate surface area is 126 Å². The molecule has 1 aromatic carbocycles. The smallest absolute Gasteiger partial charge is 0.328 e. The Morgan fingerprint density at radius 1 is 1.48 bits per heavy atom. The lowest BCUT2D eigenvalue weighted by atomic mass is 9.85. The van der Waals surface area contributed by atoms with Crippen LogP contribution in [0.15, 0.2) is 24.3 Å². The van der Waals surface area contributed by atoms with Crippen LogP contribution in [0.25, 0.3) is 6.08 Å². The lowest BCUT2D eigenvalue weighted by Crippen LogP contribution is -2.29. The molecule has 4 heteroatoms. The fourth-order valence-corrected chi connectivity index (χ4v) is 2.66. The molecule has 0 spiro atoms. The van der Waals surface area contributed by atoms with Crippen molar-refractivity contribution in [2.75, 3.05) is 20.7 Å². The fourth-order valence-electron chi connectivity index (χ4n) is 2.66. The quantitative estimate of drug-likeness (QED) is 0.784. The average Bonchev–Trinajstić information content (AvgIpc) is 2.41. The monoisotopic (exact) mass is 289 g/mol. The Morgan fingerprint density at radius 2 is 2.24 bits per heavy atom. The van der Waals surface area contributed by atoms with E-state index in [0.29, 0.717) is 0 Å². The molecule has 0 heterocycles. The van der Waals surface area contributed by atoms with E-state index in [1.54, 1.807) is 13.2 Å². The first-order valence-corrected chi connectivity index (χ1v) is 7.35. The van der Waals surface area contributed by atoms with Crippen molar-refractivity contribution in [1.82, 2.24) is 4.90 Å². The molecule has 0 unspecified atom stereocenters. The molecule has 4 nitrogen and oxygen atoms in total. The molecular weight excluding hydrogens is 266 g/mol. The van der Waals surface area contributed by atoms with E-state index >= 15 is 0 Å². The molecule has 1 fully saturated rings. The molecule has 0 bridgehead atoms. The lowest BCUT2D eigenvalue weighted by Gasteiger charge is -2.30. The lowest BCUT2D eigenvalue weighted by molar-refractivity contribution is -0.131. The second-order valence-electron chi connectivity index (χ2n) is 5.74. The number of benzene rings is 1. The zero-order valence-corrected chi connectivity index (χ0v) is 12.7. The predicted molar refractivity (Wildman–Crippen MR) is 83.3 cm³/mol. The van der Waals surface area contributed by atoms with Gasteiger partial charge in [-0.2, -0.15) is 0 Å². The summed E-state index contributed by atoms with van der Waals surface area (Å²) in [5, 5.41) is 8.70. The first-order chi connectivity index (χ1) is 10.1. The van der Waals surface area contributed by atoms with Crippen LogP contribution in [-0.4, -0.2) is 36.7 Å². The van der Waals surface area contributed by atoms with Gasteiger partial charge in [-0.25, -0.2) is 4.79 Å². The minimum atomic E-state index is -0.936. The van der Waals surface area contributed by atoms with Crippen LogP contribution >= 0.6 is 0 Å². The molecule has 1 N–H and O–H groups in total. The highest BCUT2D eigenvalue weighted by molar-refractivity contribution is 5.85. The van der Waals surface area contributed by atoms with Crippen molar-refractivity contribution in [1.29, 1.82) is 0 Å². The number of carboxylic acids is 1. The summed E-state index contributed by atoms with van der Waals surface area (Å²) in [5.41, 5.74) is 1.97. The van der Waals surface area contributed by atoms with E-state index in [2.05, 4.69) is 11.9 Å². The molecule has 0 aromatic heterocycles. The second-order valence-corrected chi connectivity index (χ2v) is 5.74. The number of hydrogen-bond donors (Lipinski definition) is 1. The maximum absolute atomic E-state index is 10.6. The third-order valence-corrected chi connectivity index (χ3v) is 3.96. The topological polar surface area (TPSA) is 49.8 Å². The number of methoxy groups -OCH3 is 1. The zero-order valence-electron chi connectivity index (χ0n) is 12.7. The van der Waals surface area contributed by atoms with Gasteiger partial charge in [0.15, 0.2) is 0 Å². The molecule has 0 aliphatic heterocycles. The van der Waals surface area contributed by atoms with E-state index in [4.69, 9.17) is 9.84 Å². The molecule has 1 saturated carbocycles. The number of aliphatic carboxylic acids is 1. The molecule has 1 aliphatic rings. The summed E-state index contributed by atoms with van der Waals surface area (Å²) in [5.74, 6) is 0.744. The van der Waals surface area contributed by atoms with Gasteiger partial charge in [0.1, 0.15) is 5.75 Å². The SMILES string of the molecule is COc1ccc(C=CC(=O)O)cc1CN(C)CC1CCC1. The molecular formula is C17H23NO3. The summed E-state index contributed by atoms with van der Waals surface area (Å²) < 4.78 is 5.41. The first-order valence-electron chi connectivity index (χ1n) is 7.35. The average molecular weight is 289 g/mol. The number of carbonyl (C=O) groups is 1. The number of rotatable bonds is 7. The van der Waals surface area contributed by atoms with Crippen molar-refractivity contribution in [2.45, 2.75) is 25.8 Å². The molecule has 114 valence electrons. The van der Waals surface area contributed by atoms with E-state index in [9.17, 15) is 4.79 Å². The van der Waals surface area contributed by atoms with Crippen LogP contribution in [0.1, 0.15) is 30.4 Å². The highest BCUT2D eigenvalue weighted by atomic mass is 16.5. The summed E-state index contributed by atoms with van der Waals surface area (Å²) in [6, 6.07) is 5.76. The number of ether oxygens (including phenoxy) is 1. The van der Waals surface area contributed by atoms with Crippen LogP contribution in [-0.2, 0) is 11.3 Å². The van der Waals surface area contributed by atoms with E-state index in [-0.39, 0.29) is 0 Å². The zero-order chi connectivity index (χ0) is 15.2.